The van der Waals surface area contributed by atoms with Crippen LogP contribution in [0.4, 0.5) is 0 Å². The highest BCUT2D eigenvalue weighted by Gasteiger charge is 2.23. The van der Waals surface area contributed by atoms with Gasteiger partial charge >= 0.3 is 0 Å². The molecule has 108 valence electrons. The predicted molar refractivity (Wildman–Crippen MR) is 89.6 cm³/mol. The Morgan fingerprint density at radius 3 is 2.62 bits per heavy atom. The second kappa shape index (κ2) is 6.39. The average Bonchev–Trinajstić information content (AvgIpc) is 3.01. The highest BCUT2D eigenvalue weighted by Crippen LogP contribution is 2.35. The van der Waals surface area contributed by atoms with Gasteiger partial charge in [-0.1, -0.05) is 48.5 Å². The Hall–Kier alpha value is -1.68. The van der Waals surface area contributed by atoms with Gasteiger partial charge in [0.25, 0.3) is 0 Å². The summed E-state index contributed by atoms with van der Waals surface area (Å²) in [5.74, 6) is 0. The van der Waals surface area contributed by atoms with Crippen LogP contribution in [0.1, 0.15) is 30.2 Å². The first-order valence-corrected chi connectivity index (χ1v) is 8.07. The Balaban J connectivity index is 2.01. The quantitative estimate of drug-likeness (QED) is 0.742. The predicted octanol–water partition coefficient (Wildman–Crippen LogP) is 4.68. The summed E-state index contributed by atoms with van der Waals surface area (Å²) in [7, 11) is 0. The molecule has 3 heteroatoms. The summed E-state index contributed by atoms with van der Waals surface area (Å²) in [5, 5.41) is 3.36. The van der Waals surface area contributed by atoms with Gasteiger partial charge in [0.05, 0.1) is 6.04 Å². The van der Waals surface area contributed by atoms with Crippen LogP contribution in [-0.4, -0.2) is 6.61 Å². The van der Waals surface area contributed by atoms with E-state index in [9.17, 15) is 0 Å². The smallest absolute Gasteiger partial charge is 0.102 e. The second-order valence-electron chi connectivity index (χ2n) is 5.00. The summed E-state index contributed by atoms with van der Waals surface area (Å²) in [6.07, 6.45) is -0.121. The summed E-state index contributed by atoms with van der Waals surface area (Å²) in [5.41, 5.74) is 8.85. The van der Waals surface area contributed by atoms with Gasteiger partial charge in [-0.05, 0) is 34.9 Å². The van der Waals surface area contributed by atoms with Gasteiger partial charge in [0.15, 0.2) is 0 Å². The normalized spacial score (nSPS) is 14.2. The van der Waals surface area contributed by atoms with Crippen molar-refractivity contribution in [2.75, 3.05) is 6.61 Å². The Bertz CT molecular complexity index is 707. The molecule has 2 atom stereocenters. The molecule has 0 fully saturated rings. The third-order valence-corrected chi connectivity index (χ3v) is 4.65. The van der Waals surface area contributed by atoms with Gasteiger partial charge in [-0.15, -0.1) is 11.3 Å². The molecule has 2 N–H and O–H groups in total. The lowest BCUT2D eigenvalue weighted by Gasteiger charge is -2.25. The van der Waals surface area contributed by atoms with E-state index in [-0.39, 0.29) is 12.1 Å². The monoisotopic (exact) mass is 297 g/mol. The first kappa shape index (κ1) is 14.3. The first-order valence-electron chi connectivity index (χ1n) is 7.19. The Labute approximate surface area is 129 Å². The second-order valence-corrected chi connectivity index (χ2v) is 5.91. The molecule has 0 aliphatic rings. The van der Waals surface area contributed by atoms with Crippen LogP contribution in [0.3, 0.4) is 0 Å². The summed E-state index contributed by atoms with van der Waals surface area (Å²) < 4.78 is 7.20. The number of rotatable bonds is 5. The minimum Gasteiger partial charge on any atom is -0.372 e. The number of fused-ring (bicyclic) bond motifs is 1. The fourth-order valence-corrected chi connectivity index (χ4v) is 3.63. The van der Waals surface area contributed by atoms with Crippen molar-refractivity contribution in [2.24, 2.45) is 5.73 Å². The molecule has 1 aromatic heterocycles. The summed E-state index contributed by atoms with van der Waals surface area (Å²) in [6, 6.07) is 18.5. The van der Waals surface area contributed by atoms with Gasteiger partial charge in [-0.2, -0.15) is 0 Å². The van der Waals surface area contributed by atoms with E-state index in [1.807, 2.05) is 25.1 Å². The molecule has 0 spiro atoms. The molecule has 3 aromatic rings. The fourth-order valence-electron chi connectivity index (χ4n) is 2.67. The topological polar surface area (TPSA) is 35.2 Å². The van der Waals surface area contributed by atoms with E-state index in [0.717, 1.165) is 11.1 Å². The summed E-state index contributed by atoms with van der Waals surface area (Å²) in [6.45, 7) is 2.65. The maximum atomic E-state index is 6.56. The molecule has 0 bridgehead atoms. The number of benzene rings is 2. The van der Waals surface area contributed by atoms with Crippen LogP contribution in [0, 0.1) is 0 Å². The third kappa shape index (κ3) is 2.86. The number of hydrogen-bond acceptors (Lipinski definition) is 3. The van der Waals surface area contributed by atoms with Crippen LogP contribution in [-0.2, 0) is 4.74 Å². The van der Waals surface area contributed by atoms with Crippen molar-refractivity contribution < 1.29 is 4.74 Å². The number of nitrogens with two attached hydrogens (primary N) is 1. The van der Waals surface area contributed by atoms with E-state index in [1.54, 1.807) is 11.3 Å². The van der Waals surface area contributed by atoms with Crippen molar-refractivity contribution in [3.8, 4) is 0 Å². The molecule has 0 saturated carbocycles. The molecule has 0 amide bonds. The molecule has 0 saturated heterocycles. The van der Waals surface area contributed by atoms with E-state index >= 15 is 0 Å². The Kier molecular flexibility index (Phi) is 4.34. The molecule has 1 heterocycles. The van der Waals surface area contributed by atoms with Crippen LogP contribution < -0.4 is 5.73 Å². The van der Waals surface area contributed by atoms with Crippen molar-refractivity contribution in [2.45, 2.75) is 19.1 Å². The van der Waals surface area contributed by atoms with Crippen molar-refractivity contribution in [3.05, 3.63) is 71.1 Å². The zero-order chi connectivity index (χ0) is 14.7. The van der Waals surface area contributed by atoms with E-state index in [4.69, 9.17) is 10.5 Å². The summed E-state index contributed by atoms with van der Waals surface area (Å²) in [4.78, 5) is 0. The SMILES string of the molecule is CCOC(c1ccccc1)C(N)c1cccc2ccsc12. The summed E-state index contributed by atoms with van der Waals surface area (Å²) >= 11 is 1.74. The molecule has 0 aliphatic carbocycles. The van der Waals surface area contributed by atoms with Crippen molar-refractivity contribution >= 4 is 21.4 Å². The van der Waals surface area contributed by atoms with Gasteiger partial charge in [0, 0.05) is 11.3 Å². The average molecular weight is 297 g/mol. The molecule has 0 aliphatic heterocycles. The minimum atomic E-state index is -0.172. The lowest BCUT2D eigenvalue weighted by Crippen LogP contribution is -2.22. The molecule has 2 nitrogen and oxygen atoms in total. The van der Waals surface area contributed by atoms with E-state index < -0.39 is 0 Å². The van der Waals surface area contributed by atoms with Crippen molar-refractivity contribution in [1.29, 1.82) is 0 Å². The highest BCUT2D eigenvalue weighted by atomic mass is 32.1. The van der Waals surface area contributed by atoms with E-state index in [1.165, 1.54) is 10.1 Å². The van der Waals surface area contributed by atoms with Gasteiger partial charge < -0.3 is 10.5 Å². The molecule has 2 aromatic carbocycles. The maximum Gasteiger partial charge on any atom is 0.102 e. The van der Waals surface area contributed by atoms with Crippen LogP contribution >= 0.6 is 11.3 Å². The minimum absolute atomic E-state index is 0.121. The van der Waals surface area contributed by atoms with Crippen LogP contribution in [0.25, 0.3) is 10.1 Å². The van der Waals surface area contributed by atoms with E-state index in [2.05, 4.69) is 41.8 Å². The zero-order valence-electron chi connectivity index (χ0n) is 12.0. The fraction of sp³-hybridized carbons (Fsp3) is 0.222. The largest absolute Gasteiger partial charge is 0.372 e. The Morgan fingerprint density at radius 2 is 1.86 bits per heavy atom. The van der Waals surface area contributed by atoms with Gasteiger partial charge in [0.1, 0.15) is 6.10 Å². The van der Waals surface area contributed by atoms with Crippen LogP contribution in [0.15, 0.2) is 60.0 Å². The highest BCUT2D eigenvalue weighted by molar-refractivity contribution is 7.17. The van der Waals surface area contributed by atoms with Gasteiger partial charge in [-0.25, -0.2) is 0 Å². The molecule has 2 unspecified atom stereocenters. The van der Waals surface area contributed by atoms with E-state index in [0.29, 0.717) is 6.61 Å². The van der Waals surface area contributed by atoms with Crippen LogP contribution in [0.5, 0.6) is 0 Å². The lowest BCUT2D eigenvalue weighted by atomic mass is 9.95. The molecular formula is C18H19NOS. The lowest BCUT2D eigenvalue weighted by molar-refractivity contribution is 0.0433. The van der Waals surface area contributed by atoms with Gasteiger partial charge in [-0.3, -0.25) is 0 Å². The first-order chi connectivity index (χ1) is 10.3. The maximum absolute atomic E-state index is 6.56. The molecule has 21 heavy (non-hydrogen) atoms. The Morgan fingerprint density at radius 1 is 1.05 bits per heavy atom. The van der Waals surface area contributed by atoms with Gasteiger partial charge in [0.2, 0.25) is 0 Å². The zero-order valence-corrected chi connectivity index (χ0v) is 12.8. The number of thiophene rings is 1. The van der Waals surface area contributed by atoms with Crippen molar-refractivity contribution in [1.82, 2.24) is 0 Å². The number of ether oxygens (including phenoxy) is 1. The standard InChI is InChI=1S/C18H19NOS/c1-2-20-17(13-7-4-3-5-8-13)16(19)15-10-6-9-14-11-12-21-18(14)15/h3-12,16-17H,2,19H2,1H3. The molecule has 3 rings (SSSR count). The van der Waals surface area contributed by atoms with Crippen molar-refractivity contribution in [3.63, 3.8) is 0 Å². The third-order valence-electron chi connectivity index (χ3n) is 3.67. The molecular weight excluding hydrogens is 278 g/mol. The van der Waals surface area contributed by atoms with Crippen LogP contribution in [0.2, 0.25) is 0 Å². The number of hydrogen-bond donors (Lipinski definition) is 1. The molecule has 0 radical (unpaired) electrons.